The minimum atomic E-state index is -0.445. The number of hydrogen-bond acceptors (Lipinski definition) is 4. The van der Waals surface area contributed by atoms with Crippen molar-refractivity contribution >= 4 is 17.3 Å². The van der Waals surface area contributed by atoms with Gasteiger partial charge in [-0.25, -0.2) is 0 Å². The van der Waals surface area contributed by atoms with E-state index in [9.17, 15) is 14.9 Å². The number of piperidine rings is 1. The molecule has 2 fully saturated rings. The van der Waals surface area contributed by atoms with Crippen molar-refractivity contribution in [2.24, 2.45) is 5.92 Å². The summed E-state index contributed by atoms with van der Waals surface area (Å²) in [5.41, 5.74) is 1.38. The van der Waals surface area contributed by atoms with E-state index in [1.165, 1.54) is 25.0 Å². The van der Waals surface area contributed by atoms with Crippen LogP contribution in [0.1, 0.15) is 37.7 Å². The molecule has 2 heterocycles. The van der Waals surface area contributed by atoms with E-state index in [-0.39, 0.29) is 11.6 Å². The predicted octanol–water partition coefficient (Wildman–Crippen LogP) is 2.76. The molecule has 1 amide bonds. The maximum Gasteiger partial charge on any atom is 0.271 e. The summed E-state index contributed by atoms with van der Waals surface area (Å²) in [7, 11) is 0. The Kier molecular flexibility index (Phi) is 4.11. The number of anilines is 1. The second kappa shape index (κ2) is 6.04. The van der Waals surface area contributed by atoms with Gasteiger partial charge in [0.2, 0.25) is 5.91 Å². The van der Waals surface area contributed by atoms with Gasteiger partial charge in [-0.3, -0.25) is 14.9 Å². The lowest BCUT2D eigenvalue weighted by atomic mass is 9.89. The molecule has 1 aromatic rings. The molecule has 2 aliphatic rings. The van der Waals surface area contributed by atoms with Crippen LogP contribution in [0, 0.1) is 23.0 Å². The van der Waals surface area contributed by atoms with Crippen molar-refractivity contribution < 1.29 is 9.72 Å². The van der Waals surface area contributed by atoms with Gasteiger partial charge in [0.1, 0.15) is 0 Å². The number of hydrogen-bond donors (Lipinski definition) is 2. The average molecular weight is 303 g/mol. The number of fused-ring (bicyclic) bond motifs is 2. The molecule has 2 saturated heterocycles. The summed E-state index contributed by atoms with van der Waals surface area (Å²) in [5.74, 6) is 0.368. The van der Waals surface area contributed by atoms with E-state index in [2.05, 4.69) is 10.6 Å². The van der Waals surface area contributed by atoms with Crippen LogP contribution in [0.2, 0.25) is 0 Å². The number of benzene rings is 1. The van der Waals surface area contributed by atoms with Crippen molar-refractivity contribution in [3.63, 3.8) is 0 Å². The third-order valence-electron chi connectivity index (χ3n) is 4.75. The molecule has 0 aliphatic carbocycles. The molecule has 6 nitrogen and oxygen atoms in total. The molecule has 2 unspecified atom stereocenters. The van der Waals surface area contributed by atoms with Gasteiger partial charge in [0.05, 0.1) is 10.6 Å². The average Bonchev–Trinajstić information content (AvgIpc) is 2.80. The molecular formula is C16H21N3O3. The van der Waals surface area contributed by atoms with Gasteiger partial charge in [-0.05, 0) is 44.1 Å². The molecular weight excluding hydrogens is 282 g/mol. The number of carbonyl (C=O) groups is 1. The summed E-state index contributed by atoms with van der Waals surface area (Å²) in [6, 6.07) is 5.68. The van der Waals surface area contributed by atoms with Crippen molar-refractivity contribution in [3.05, 3.63) is 33.9 Å². The standard InChI is InChI=1S/C16H21N3O3/c1-10-2-5-14(19(21)22)9-15(10)18-16(20)8-11-6-12-3-4-13(7-11)17-12/h2,5,9,11-13,17H,3-4,6-8H2,1H3,(H,18,20). The van der Waals surface area contributed by atoms with Gasteiger partial charge in [-0.2, -0.15) is 0 Å². The van der Waals surface area contributed by atoms with Gasteiger partial charge in [0.15, 0.2) is 0 Å². The summed E-state index contributed by atoms with van der Waals surface area (Å²) >= 11 is 0. The zero-order valence-corrected chi connectivity index (χ0v) is 12.7. The van der Waals surface area contributed by atoms with Crippen LogP contribution in [0.15, 0.2) is 18.2 Å². The molecule has 2 atom stereocenters. The van der Waals surface area contributed by atoms with E-state index in [0.717, 1.165) is 18.4 Å². The first kappa shape index (κ1) is 15.0. The van der Waals surface area contributed by atoms with Crippen LogP contribution in [0.5, 0.6) is 0 Å². The Morgan fingerprint density at radius 2 is 2.05 bits per heavy atom. The third-order valence-corrected chi connectivity index (χ3v) is 4.75. The third kappa shape index (κ3) is 3.27. The number of rotatable bonds is 4. The van der Waals surface area contributed by atoms with Crippen LogP contribution >= 0.6 is 0 Å². The quantitative estimate of drug-likeness (QED) is 0.661. The first-order chi connectivity index (χ1) is 10.5. The van der Waals surface area contributed by atoms with Crippen LogP contribution in [-0.2, 0) is 4.79 Å². The van der Waals surface area contributed by atoms with Crippen LogP contribution in [0.4, 0.5) is 11.4 Å². The Hall–Kier alpha value is -1.95. The highest BCUT2D eigenvalue weighted by Gasteiger charge is 2.34. The summed E-state index contributed by atoms with van der Waals surface area (Å²) in [5, 5.41) is 17.2. The summed E-state index contributed by atoms with van der Waals surface area (Å²) in [6.07, 6.45) is 5.03. The van der Waals surface area contributed by atoms with Crippen LogP contribution in [-0.4, -0.2) is 22.9 Å². The highest BCUT2D eigenvalue weighted by molar-refractivity contribution is 5.92. The number of nitro groups is 1. The number of aryl methyl sites for hydroxylation is 1. The lowest BCUT2D eigenvalue weighted by molar-refractivity contribution is -0.384. The molecule has 0 radical (unpaired) electrons. The van der Waals surface area contributed by atoms with Gasteiger partial charge in [0, 0.05) is 30.6 Å². The first-order valence-corrected chi connectivity index (χ1v) is 7.82. The number of nitrogens with zero attached hydrogens (tertiary/aromatic N) is 1. The van der Waals surface area contributed by atoms with Crippen molar-refractivity contribution in [2.45, 2.75) is 51.1 Å². The Morgan fingerprint density at radius 3 is 2.68 bits per heavy atom. The molecule has 0 aromatic heterocycles. The minimum absolute atomic E-state index is 0.000751. The summed E-state index contributed by atoms with van der Waals surface area (Å²) < 4.78 is 0. The Bertz CT molecular complexity index is 590. The maximum absolute atomic E-state index is 12.2. The SMILES string of the molecule is Cc1ccc([N+](=O)[O-])cc1NC(=O)CC1CC2CCC(C1)N2. The lowest BCUT2D eigenvalue weighted by Crippen LogP contribution is -2.39. The summed E-state index contributed by atoms with van der Waals surface area (Å²) in [4.78, 5) is 22.6. The highest BCUT2D eigenvalue weighted by atomic mass is 16.6. The molecule has 3 rings (SSSR count). The minimum Gasteiger partial charge on any atom is -0.326 e. The largest absolute Gasteiger partial charge is 0.326 e. The first-order valence-electron chi connectivity index (χ1n) is 7.82. The fraction of sp³-hybridized carbons (Fsp3) is 0.562. The van der Waals surface area contributed by atoms with Crippen LogP contribution < -0.4 is 10.6 Å². The van der Waals surface area contributed by atoms with Gasteiger partial charge >= 0.3 is 0 Å². The Morgan fingerprint density at radius 1 is 1.36 bits per heavy atom. The predicted molar refractivity (Wildman–Crippen MR) is 83.7 cm³/mol. The van der Waals surface area contributed by atoms with Gasteiger partial charge in [-0.15, -0.1) is 0 Å². The Balaban J connectivity index is 1.62. The van der Waals surface area contributed by atoms with Crippen molar-refractivity contribution in [2.75, 3.05) is 5.32 Å². The molecule has 22 heavy (non-hydrogen) atoms. The highest BCUT2D eigenvalue weighted by Crippen LogP contribution is 2.33. The van der Waals surface area contributed by atoms with E-state index < -0.39 is 4.92 Å². The summed E-state index contributed by atoms with van der Waals surface area (Å²) in [6.45, 7) is 1.84. The van der Waals surface area contributed by atoms with Crippen molar-refractivity contribution in [1.82, 2.24) is 5.32 Å². The fourth-order valence-electron chi connectivity index (χ4n) is 3.66. The number of amides is 1. The zero-order chi connectivity index (χ0) is 15.7. The van der Waals surface area contributed by atoms with E-state index >= 15 is 0 Å². The number of nitro benzene ring substituents is 1. The normalized spacial score (nSPS) is 26.7. The Labute approximate surface area is 129 Å². The van der Waals surface area contributed by atoms with Crippen LogP contribution in [0.3, 0.4) is 0 Å². The second-order valence-corrected chi connectivity index (χ2v) is 6.48. The van der Waals surface area contributed by atoms with Gasteiger partial charge in [-0.1, -0.05) is 6.07 Å². The molecule has 6 heteroatoms. The number of nitrogens with one attached hydrogen (secondary N) is 2. The van der Waals surface area contributed by atoms with E-state index in [1.54, 1.807) is 6.07 Å². The zero-order valence-electron chi connectivity index (χ0n) is 12.7. The van der Waals surface area contributed by atoms with E-state index in [4.69, 9.17) is 0 Å². The second-order valence-electron chi connectivity index (χ2n) is 6.48. The fourth-order valence-corrected chi connectivity index (χ4v) is 3.66. The van der Waals surface area contributed by atoms with Gasteiger partial charge < -0.3 is 10.6 Å². The van der Waals surface area contributed by atoms with Crippen molar-refractivity contribution in [3.8, 4) is 0 Å². The molecule has 2 bridgehead atoms. The number of non-ortho nitro benzene ring substituents is 1. The molecule has 1 aromatic carbocycles. The van der Waals surface area contributed by atoms with Crippen LogP contribution in [0.25, 0.3) is 0 Å². The monoisotopic (exact) mass is 303 g/mol. The van der Waals surface area contributed by atoms with Gasteiger partial charge in [0.25, 0.3) is 5.69 Å². The maximum atomic E-state index is 12.2. The molecule has 0 spiro atoms. The smallest absolute Gasteiger partial charge is 0.271 e. The lowest BCUT2D eigenvalue weighted by Gasteiger charge is -2.28. The molecule has 2 aliphatic heterocycles. The van der Waals surface area contributed by atoms with Crippen molar-refractivity contribution in [1.29, 1.82) is 0 Å². The molecule has 0 saturated carbocycles. The topological polar surface area (TPSA) is 84.3 Å². The molecule has 118 valence electrons. The van der Waals surface area contributed by atoms with E-state index in [0.29, 0.717) is 30.1 Å². The number of carbonyl (C=O) groups excluding carboxylic acids is 1. The molecule has 2 N–H and O–H groups in total. The van der Waals surface area contributed by atoms with E-state index in [1.807, 2.05) is 6.92 Å².